The molecule has 0 heterocycles. The van der Waals surface area contributed by atoms with E-state index in [1.807, 2.05) is 6.92 Å². The summed E-state index contributed by atoms with van der Waals surface area (Å²) in [5, 5.41) is 2.57. The molecule has 0 bridgehead atoms. The molecule has 1 heteroatoms. The number of hydrogen-bond donors (Lipinski definition) is 0. The highest BCUT2D eigenvalue weighted by Gasteiger charge is 2.12. The summed E-state index contributed by atoms with van der Waals surface area (Å²) in [6.07, 6.45) is 2.17. The second-order valence-corrected chi connectivity index (χ2v) is 7.62. The van der Waals surface area contributed by atoms with E-state index in [0.717, 1.165) is 11.7 Å². The van der Waals surface area contributed by atoms with Gasteiger partial charge < -0.3 is 4.74 Å². The normalized spacial score (nSPS) is 12.5. The van der Waals surface area contributed by atoms with Crippen molar-refractivity contribution in [1.82, 2.24) is 0 Å². The van der Waals surface area contributed by atoms with Gasteiger partial charge in [0.15, 0.2) is 0 Å². The van der Waals surface area contributed by atoms with Gasteiger partial charge in [-0.15, -0.1) is 0 Å². The lowest BCUT2D eigenvalue weighted by atomic mass is 9.89. The minimum Gasteiger partial charge on any atom is -0.502 e. The van der Waals surface area contributed by atoms with Gasteiger partial charge in [0, 0.05) is 5.92 Å². The summed E-state index contributed by atoms with van der Waals surface area (Å²) in [7, 11) is 1.72. The molecule has 142 valence electrons. The molecule has 0 saturated carbocycles. The topological polar surface area (TPSA) is 9.23 Å². The maximum atomic E-state index is 5.32. The molecule has 0 aromatic heterocycles. The van der Waals surface area contributed by atoms with Crippen LogP contribution in [0.15, 0.2) is 78.6 Å². The first-order valence-corrected chi connectivity index (χ1v) is 9.73. The van der Waals surface area contributed by atoms with Crippen LogP contribution in [0.5, 0.6) is 0 Å². The summed E-state index contributed by atoms with van der Waals surface area (Å²) < 4.78 is 5.32. The first kappa shape index (κ1) is 20.8. The van der Waals surface area contributed by atoms with E-state index in [0.29, 0.717) is 5.92 Å². The van der Waals surface area contributed by atoms with Gasteiger partial charge in [0.1, 0.15) is 0 Å². The van der Waals surface area contributed by atoms with Crippen molar-refractivity contribution in [3.63, 3.8) is 0 Å². The molecule has 0 spiro atoms. The van der Waals surface area contributed by atoms with Gasteiger partial charge in [0.2, 0.25) is 0 Å². The smallest absolute Gasteiger partial charge is 0.0890 e. The highest BCUT2D eigenvalue weighted by molar-refractivity contribution is 5.97. The minimum absolute atomic E-state index is 0.296. The molecule has 3 aromatic rings. The van der Waals surface area contributed by atoms with Crippen LogP contribution < -0.4 is 0 Å². The number of fused-ring (bicyclic) bond motifs is 1. The fraction of sp³-hybridized carbons (Fsp3) is 0.308. The first-order valence-electron chi connectivity index (χ1n) is 9.73. The fourth-order valence-corrected chi connectivity index (χ4v) is 3.11. The number of allylic oxidation sites excluding steroid dienone is 2. The summed E-state index contributed by atoms with van der Waals surface area (Å²) in [4.78, 5) is 0. The molecule has 3 rings (SSSR count). The molecule has 0 aliphatic carbocycles. The molecule has 0 aliphatic heterocycles. The number of methoxy groups -OCH3 is 1. The number of hydrogen-bond acceptors (Lipinski definition) is 1. The quantitative estimate of drug-likeness (QED) is 0.431. The second-order valence-electron chi connectivity index (χ2n) is 7.62. The monoisotopic (exact) mass is 360 g/mol. The SMILES string of the molecule is CC(C)C.CO/C(C)=C\C(C)c1ccccc1-c1cccc2ccccc12. The zero-order chi connectivity index (χ0) is 19.8. The van der Waals surface area contributed by atoms with Gasteiger partial charge in [0.25, 0.3) is 0 Å². The molecule has 0 fully saturated rings. The van der Waals surface area contributed by atoms with Crippen LogP contribution in [0.4, 0.5) is 0 Å². The Kier molecular flexibility index (Phi) is 7.67. The van der Waals surface area contributed by atoms with E-state index in [9.17, 15) is 0 Å². The summed E-state index contributed by atoms with van der Waals surface area (Å²) in [6, 6.07) is 23.7. The molecule has 27 heavy (non-hydrogen) atoms. The van der Waals surface area contributed by atoms with Gasteiger partial charge in [-0.2, -0.15) is 0 Å². The van der Waals surface area contributed by atoms with Crippen molar-refractivity contribution >= 4 is 10.8 Å². The molecule has 0 N–H and O–H groups in total. The zero-order valence-corrected chi connectivity index (χ0v) is 17.5. The van der Waals surface area contributed by atoms with Crippen molar-refractivity contribution in [3.05, 3.63) is 84.1 Å². The van der Waals surface area contributed by atoms with Crippen LogP contribution in [0.1, 0.15) is 46.1 Å². The standard InChI is InChI=1S/C22H22O.C4H10/c1-16(15-17(2)23-3)19-11-6-7-13-21(19)22-14-8-10-18-9-4-5-12-20(18)22;1-4(2)3/h4-16H,1-3H3;4H,1-3H3/b17-15-;. The zero-order valence-electron chi connectivity index (χ0n) is 17.5. The van der Waals surface area contributed by atoms with Crippen molar-refractivity contribution in [2.75, 3.05) is 7.11 Å². The minimum atomic E-state index is 0.296. The summed E-state index contributed by atoms with van der Waals surface area (Å²) in [5.74, 6) is 2.08. The van der Waals surface area contributed by atoms with Crippen LogP contribution in [0.25, 0.3) is 21.9 Å². The van der Waals surface area contributed by atoms with Crippen molar-refractivity contribution in [2.24, 2.45) is 5.92 Å². The van der Waals surface area contributed by atoms with Crippen LogP contribution in [-0.2, 0) is 4.74 Å². The third-order valence-corrected chi connectivity index (χ3v) is 4.34. The van der Waals surface area contributed by atoms with Crippen LogP contribution >= 0.6 is 0 Å². The van der Waals surface area contributed by atoms with Crippen LogP contribution in [0.3, 0.4) is 0 Å². The molecule has 0 saturated heterocycles. The second kappa shape index (κ2) is 9.97. The molecule has 1 atom stereocenters. The summed E-state index contributed by atoms with van der Waals surface area (Å²) >= 11 is 0. The fourth-order valence-electron chi connectivity index (χ4n) is 3.11. The molecule has 0 radical (unpaired) electrons. The number of ether oxygens (including phenoxy) is 1. The Morgan fingerprint density at radius 3 is 2.04 bits per heavy atom. The van der Waals surface area contributed by atoms with Crippen LogP contribution in [-0.4, -0.2) is 7.11 Å². The number of rotatable bonds is 4. The molecule has 0 amide bonds. The molecular formula is C26H32O. The van der Waals surface area contributed by atoms with Gasteiger partial charge in [-0.1, -0.05) is 94.4 Å². The highest BCUT2D eigenvalue weighted by atomic mass is 16.5. The van der Waals surface area contributed by atoms with Crippen molar-refractivity contribution in [3.8, 4) is 11.1 Å². The van der Waals surface area contributed by atoms with Gasteiger partial charge in [-0.05, 0) is 46.4 Å². The van der Waals surface area contributed by atoms with E-state index in [-0.39, 0.29) is 0 Å². The Hall–Kier alpha value is -2.54. The van der Waals surface area contributed by atoms with Crippen LogP contribution in [0.2, 0.25) is 0 Å². The Balaban J connectivity index is 0.000000596. The lowest BCUT2D eigenvalue weighted by Gasteiger charge is -2.16. The lowest BCUT2D eigenvalue weighted by molar-refractivity contribution is 0.291. The van der Waals surface area contributed by atoms with Gasteiger partial charge in [-0.3, -0.25) is 0 Å². The first-order chi connectivity index (χ1) is 12.9. The third-order valence-electron chi connectivity index (χ3n) is 4.34. The predicted molar refractivity (Wildman–Crippen MR) is 119 cm³/mol. The number of benzene rings is 3. The lowest BCUT2D eigenvalue weighted by Crippen LogP contribution is -1.96. The van der Waals surface area contributed by atoms with Gasteiger partial charge in [-0.25, -0.2) is 0 Å². The maximum absolute atomic E-state index is 5.32. The third kappa shape index (κ3) is 5.72. The van der Waals surface area contributed by atoms with E-state index >= 15 is 0 Å². The van der Waals surface area contributed by atoms with E-state index in [1.54, 1.807) is 7.11 Å². The van der Waals surface area contributed by atoms with Gasteiger partial charge in [0.05, 0.1) is 12.9 Å². The molecule has 1 unspecified atom stereocenters. The average Bonchev–Trinajstić information content (AvgIpc) is 2.67. The molecule has 3 aromatic carbocycles. The van der Waals surface area contributed by atoms with E-state index in [4.69, 9.17) is 4.74 Å². The molecule has 0 aliphatic rings. The molecule has 1 nitrogen and oxygen atoms in total. The average molecular weight is 361 g/mol. The van der Waals surface area contributed by atoms with Crippen LogP contribution in [0, 0.1) is 5.92 Å². The summed E-state index contributed by atoms with van der Waals surface area (Å²) in [6.45, 7) is 10.7. The largest absolute Gasteiger partial charge is 0.502 e. The Morgan fingerprint density at radius 2 is 1.33 bits per heavy atom. The van der Waals surface area contributed by atoms with Crippen molar-refractivity contribution in [2.45, 2.75) is 40.5 Å². The Bertz CT molecular complexity index is 881. The molecular weight excluding hydrogens is 328 g/mol. The van der Waals surface area contributed by atoms with E-state index in [1.165, 1.54) is 27.5 Å². The Morgan fingerprint density at radius 1 is 0.778 bits per heavy atom. The van der Waals surface area contributed by atoms with Crippen molar-refractivity contribution < 1.29 is 4.74 Å². The Labute approximate surface area is 164 Å². The summed E-state index contributed by atoms with van der Waals surface area (Å²) in [5.41, 5.74) is 3.89. The van der Waals surface area contributed by atoms with Gasteiger partial charge >= 0.3 is 0 Å². The van der Waals surface area contributed by atoms with E-state index < -0.39 is 0 Å². The van der Waals surface area contributed by atoms with Crippen molar-refractivity contribution in [1.29, 1.82) is 0 Å². The van der Waals surface area contributed by atoms with E-state index in [2.05, 4.69) is 101 Å². The highest BCUT2D eigenvalue weighted by Crippen LogP contribution is 2.34. The predicted octanol–water partition coefficient (Wildman–Crippen LogP) is 7.82. The maximum Gasteiger partial charge on any atom is 0.0890 e.